The summed E-state index contributed by atoms with van der Waals surface area (Å²) in [6, 6.07) is 0. The fourth-order valence-electron chi connectivity index (χ4n) is 4.41. The Hall–Kier alpha value is -2.84. The Balaban J connectivity index is 1.55. The molecule has 2 aromatic heterocycles. The van der Waals surface area contributed by atoms with Gasteiger partial charge >= 0.3 is 11.4 Å². The van der Waals surface area contributed by atoms with E-state index in [4.69, 9.17) is 9.47 Å². The summed E-state index contributed by atoms with van der Waals surface area (Å²) in [4.78, 5) is 52.0. The van der Waals surface area contributed by atoms with Crippen LogP contribution in [0, 0.1) is 13.8 Å². The maximum atomic E-state index is 12.2. The van der Waals surface area contributed by atoms with Gasteiger partial charge in [-0.2, -0.15) is 0 Å². The van der Waals surface area contributed by atoms with E-state index in [1.165, 1.54) is 30.8 Å². The van der Waals surface area contributed by atoms with Gasteiger partial charge in [0.1, 0.15) is 24.2 Å². The fraction of sp³-hybridized carbons (Fsp3) is 0.600. The van der Waals surface area contributed by atoms with Crippen LogP contribution in [-0.4, -0.2) is 64.9 Å². The number of aromatic nitrogens is 4. The molecule has 0 saturated carbocycles. The molecule has 2 aromatic rings. The van der Waals surface area contributed by atoms with Crippen molar-refractivity contribution in [2.24, 2.45) is 0 Å². The van der Waals surface area contributed by atoms with Gasteiger partial charge in [-0.1, -0.05) is 0 Å². The first-order valence-corrected chi connectivity index (χ1v) is 10.5. The van der Waals surface area contributed by atoms with Gasteiger partial charge in [0.15, 0.2) is 0 Å². The van der Waals surface area contributed by atoms with E-state index in [-0.39, 0.29) is 24.8 Å². The van der Waals surface area contributed by atoms with Crippen molar-refractivity contribution in [3.8, 4) is 0 Å². The van der Waals surface area contributed by atoms with Gasteiger partial charge in [-0.15, -0.1) is 0 Å². The first kappa shape index (κ1) is 23.3. The maximum absolute atomic E-state index is 12.2. The van der Waals surface area contributed by atoms with Crippen molar-refractivity contribution in [2.45, 2.75) is 69.5 Å². The monoisotopic (exact) mass is 466 g/mol. The molecule has 2 fully saturated rings. The third-order valence-corrected chi connectivity index (χ3v) is 6.29. The standard InChI is InChI=1S/C20H26N4O9/c1-9-6-23(18(29)21-16(9)27)14-3-11(26)12(32-14)4-20(31)5-15(33-13(20)8-25)24-7-10(2)17(28)22-19(24)30/h6-7,11-15,25-26,31H,3-5,8H2,1-2H3,(H,21,27,29)(H,22,28,30)/t11-,12+,13+,14+,15+,20-/m0/s1. The molecule has 0 radical (unpaired) electrons. The van der Waals surface area contributed by atoms with Crippen molar-refractivity contribution in [3.05, 3.63) is 65.2 Å². The van der Waals surface area contributed by atoms with Crippen LogP contribution in [0.25, 0.3) is 0 Å². The number of H-pyrrole nitrogens is 2. The lowest BCUT2D eigenvalue weighted by atomic mass is 9.87. The number of aliphatic hydroxyl groups is 3. The summed E-state index contributed by atoms with van der Waals surface area (Å²) in [6.07, 6.45) is -2.45. The van der Waals surface area contributed by atoms with Gasteiger partial charge in [-0.05, 0) is 13.8 Å². The molecule has 0 spiro atoms. The topological polar surface area (TPSA) is 189 Å². The largest absolute Gasteiger partial charge is 0.394 e. The van der Waals surface area contributed by atoms with Crippen LogP contribution in [0.15, 0.2) is 31.6 Å². The molecule has 0 aromatic carbocycles. The molecule has 13 nitrogen and oxygen atoms in total. The van der Waals surface area contributed by atoms with E-state index in [0.717, 1.165) is 4.57 Å². The number of ether oxygens (including phenoxy) is 2. The molecule has 33 heavy (non-hydrogen) atoms. The van der Waals surface area contributed by atoms with E-state index in [1.807, 2.05) is 0 Å². The lowest BCUT2D eigenvalue weighted by molar-refractivity contribution is -0.116. The van der Waals surface area contributed by atoms with Crippen LogP contribution in [0.4, 0.5) is 0 Å². The van der Waals surface area contributed by atoms with Crippen LogP contribution in [0.2, 0.25) is 0 Å². The zero-order chi connectivity index (χ0) is 24.1. The summed E-state index contributed by atoms with van der Waals surface area (Å²) in [5.41, 5.74) is -3.57. The highest BCUT2D eigenvalue weighted by Crippen LogP contribution is 2.42. The van der Waals surface area contributed by atoms with Gasteiger partial charge in [-0.25, -0.2) is 9.59 Å². The van der Waals surface area contributed by atoms with Crippen LogP contribution in [0.1, 0.15) is 42.8 Å². The van der Waals surface area contributed by atoms with Gasteiger partial charge in [0.2, 0.25) is 0 Å². The molecule has 2 aliphatic rings. The Kier molecular flexibility index (Phi) is 6.01. The highest BCUT2D eigenvalue weighted by atomic mass is 16.6. The molecular weight excluding hydrogens is 440 g/mol. The minimum absolute atomic E-state index is 0.0405. The lowest BCUT2D eigenvalue weighted by Gasteiger charge is -2.30. The second-order valence-corrected chi connectivity index (χ2v) is 8.66. The summed E-state index contributed by atoms with van der Waals surface area (Å²) < 4.78 is 13.8. The highest BCUT2D eigenvalue weighted by Gasteiger charge is 2.51. The smallest absolute Gasteiger partial charge is 0.330 e. The van der Waals surface area contributed by atoms with Gasteiger partial charge in [0.05, 0.1) is 18.8 Å². The summed E-state index contributed by atoms with van der Waals surface area (Å²) >= 11 is 0. The quantitative estimate of drug-likeness (QED) is 0.324. The number of aliphatic hydroxyl groups excluding tert-OH is 2. The molecule has 0 aliphatic carbocycles. The van der Waals surface area contributed by atoms with Crippen molar-refractivity contribution in [2.75, 3.05) is 6.61 Å². The lowest BCUT2D eigenvalue weighted by Crippen LogP contribution is -2.45. The average molecular weight is 466 g/mol. The Morgan fingerprint density at radius 3 is 2.09 bits per heavy atom. The van der Waals surface area contributed by atoms with Gasteiger partial charge in [-0.3, -0.25) is 28.7 Å². The molecule has 4 heterocycles. The zero-order valence-corrected chi connectivity index (χ0v) is 18.1. The average Bonchev–Trinajstić information content (AvgIpc) is 3.26. The van der Waals surface area contributed by atoms with E-state index in [2.05, 4.69) is 9.97 Å². The predicted octanol–water partition coefficient (Wildman–Crippen LogP) is -2.25. The Bertz CT molecular complexity index is 1280. The minimum Gasteiger partial charge on any atom is -0.394 e. The molecule has 0 unspecified atom stereocenters. The van der Waals surface area contributed by atoms with Gasteiger partial charge in [0, 0.05) is 42.8 Å². The Morgan fingerprint density at radius 1 is 1.00 bits per heavy atom. The molecule has 0 bridgehead atoms. The molecule has 6 atom stereocenters. The van der Waals surface area contributed by atoms with Crippen molar-refractivity contribution >= 4 is 0 Å². The minimum atomic E-state index is -1.67. The fourth-order valence-corrected chi connectivity index (χ4v) is 4.41. The number of hydrogen-bond acceptors (Lipinski definition) is 9. The molecule has 180 valence electrons. The number of hydrogen-bond donors (Lipinski definition) is 5. The van der Waals surface area contributed by atoms with Crippen LogP contribution in [-0.2, 0) is 9.47 Å². The van der Waals surface area contributed by atoms with Crippen molar-refractivity contribution in [3.63, 3.8) is 0 Å². The highest BCUT2D eigenvalue weighted by molar-refractivity contribution is 5.05. The van der Waals surface area contributed by atoms with Crippen LogP contribution < -0.4 is 22.5 Å². The second-order valence-electron chi connectivity index (χ2n) is 8.66. The summed E-state index contributed by atoms with van der Waals surface area (Å²) in [5.74, 6) is 0. The summed E-state index contributed by atoms with van der Waals surface area (Å²) in [5, 5.41) is 31.6. The van der Waals surface area contributed by atoms with Crippen LogP contribution in [0.5, 0.6) is 0 Å². The molecular formula is C20H26N4O9. The van der Waals surface area contributed by atoms with Crippen molar-refractivity contribution in [1.82, 2.24) is 19.1 Å². The van der Waals surface area contributed by atoms with E-state index in [0.29, 0.717) is 5.56 Å². The second kappa shape index (κ2) is 8.50. The molecule has 2 aliphatic heterocycles. The number of aryl methyl sites for hydroxylation is 2. The summed E-state index contributed by atoms with van der Waals surface area (Å²) in [7, 11) is 0. The van der Waals surface area contributed by atoms with Crippen molar-refractivity contribution in [1.29, 1.82) is 0 Å². The molecule has 4 rings (SSSR count). The third kappa shape index (κ3) is 4.25. The number of rotatable bonds is 5. The molecule has 5 N–H and O–H groups in total. The molecule has 2 saturated heterocycles. The normalized spacial score (nSPS) is 31.8. The number of nitrogens with one attached hydrogen (secondary N) is 2. The van der Waals surface area contributed by atoms with E-state index in [1.54, 1.807) is 0 Å². The predicted molar refractivity (Wildman–Crippen MR) is 112 cm³/mol. The van der Waals surface area contributed by atoms with Gasteiger partial charge < -0.3 is 24.8 Å². The molecule has 0 amide bonds. The SMILES string of the molecule is Cc1cn([C@H]2C[C@H](O)[C@@H](C[C@]3(O)C[C@H](n4cc(C)c(=O)[nH]c4=O)O[C@@H]3CO)O2)c(=O)[nH]c1=O. The van der Waals surface area contributed by atoms with Crippen LogP contribution in [0.3, 0.4) is 0 Å². The Morgan fingerprint density at radius 2 is 1.55 bits per heavy atom. The Labute approximate surface area is 185 Å². The number of nitrogens with zero attached hydrogens (tertiary/aromatic N) is 2. The molecule has 13 heteroatoms. The van der Waals surface area contributed by atoms with E-state index < -0.39 is 65.5 Å². The van der Waals surface area contributed by atoms with E-state index in [9.17, 15) is 34.5 Å². The third-order valence-electron chi connectivity index (χ3n) is 6.29. The first-order chi connectivity index (χ1) is 15.5. The van der Waals surface area contributed by atoms with Crippen LogP contribution >= 0.6 is 0 Å². The zero-order valence-electron chi connectivity index (χ0n) is 18.1. The number of aromatic amines is 2. The van der Waals surface area contributed by atoms with E-state index >= 15 is 0 Å². The first-order valence-electron chi connectivity index (χ1n) is 10.5. The van der Waals surface area contributed by atoms with Gasteiger partial charge in [0.25, 0.3) is 11.1 Å². The maximum Gasteiger partial charge on any atom is 0.330 e. The van der Waals surface area contributed by atoms with Crippen molar-refractivity contribution < 1.29 is 24.8 Å². The summed E-state index contributed by atoms with van der Waals surface area (Å²) in [6.45, 7) is 2.49.